The summed E-state index contributed by atoms with van der Waals surface area (Å²) in [5.41, 5.74) is -1.58. The molecule has 4 heteroatoms. The highest BCUT2D eigenvalue weighted by Gasteiger charge is 2.59. The van der Waals surface area contributed by atoms with E-state index < -0.39 is 12.0 Å². The standard InChI is InChI=1S/C21H32F2O2/c1-12(24)17-5-6-18-16-4-3-13-11-21(25,19(22)23)10-8-14(13)15(16)7-9-20(17,18)2/h13-19,25H,3-11H2,1-2H3/t13-,14-,15+,16+,17+,18-,20+,21+/m0/s1. The highest BCUT2D eigenvalue weighted by molar-refractivity contribution is 5.79. The van der Waals surface area contributed by atoms with Crippen LogP contribution >= 0.6 is 0 Å². The van der Waals surface area contributed by atoms with Crippen LogP contribution in [0.4, 0.5) is 8.78 Å². The molecule has 0 bridgehead atoms. The van der Waals surface area contributed by atoms with Gasteiger partial charge < -0.3 is 5.11 Å². The molecule has 4 aliphatic rings. The average molecular weight is 354 g/mol. The monoisotopic (exact) mass is 354 g/mol. The molecule has 8 atom stereocenters. The van der Waals surface area contributed by atoms with E-state index in [1.165, 1.54) is 6.42 Å². The summed E-state index contributed by atoms with van der Waals surface area (Å²) in [5.74, 6) is 3.30. The molecule has 1 N–H and O–H groups in total. The number of fused-ring (bicyclic) bond motifs is 5. The van der Waals surface area contributed by atoms with Crippen molar-refractivity contribution in [1.29, 1.82) is 0 Å². The van der Waals surface area contributed by atoms with Gasteiger partial charge in [-0.3, -0.25) is 4.79 Å². The van der Waals surface area contributed by atoms with Crippen molar-refractivity contribution in [2.75, 3.05) is 0 Å². The maximum atomic E-state index is 13.3. The van der Waals surface area contributed by atoms with Crippen molar-refractivity contribution in [1.82, 2.24) is 0 Å². The van der Waals surface area contributed by atoms with E-state index in [4.69, 9.17) is 0 Å². The lowest BCUT2D eigenvalue weighted by Crippen LogP contribution is -2.52. The van der Waals surface area contributed by atoms with Gasteiger partial charge in [0.2, 0.25) is 0 Å². The Balaban J connectivity index is 1.53. The van der Waals surface area contributed by atoms with E-state index in [1.54, 1.807) is 6.92 Å². The normalized spacial score (nSPS) is 52.4. The van der Waals surface area contributed by atoms with Crippen LogP contribution in [0.25, 0.3) is 0 Å². The number of carbonyl (C=O) groups excluding carboxylic acids is 1. The number of halogens is 2. The van der Waals surface area contributed by atoms with E-state index >= 15 is 0 Å². The van der Waals surface area contributed by atoms with Crippen LogP contribution in [-0.2, 0) is 4.79 Å². The zero-order valence-corrected chi connectivity index (χ0v) is 15.5. The fourth-order valence-electron chi connectivity index (χ4n) is 7.78. The molecule has 0 aliphatic heterocycles. The Labute approximate surface area is 149 Å². The number of hydrogen-bond acceptors (Lipinski definition) is 2. The molecule has 4 rings (SSSR count). The summed E-state index contributed by atoms with van der Waals surface area (Å²) >= 11 is 0. The van der Waals surface area contributed by atoms with E-state index in [9.17, 15) is 18.7 Å². The molecule has 25 heavy (non-hydrogen) atoms. The van der Waals surface area contributed by atoms with Gasteiger partial charge in [0.1, 0.15) is 11.4 Å². The van der Waals surface area contributed by atoms with Crippen molar-refractivity contribution in [3.8, 4) is 0 Å². The maximum absolute atomic E-state index is 13.3. The molecule has 0 unspecified atom stereocenters. The maximum Gasteiger partial charge on any atom is 0.266 e. The van der Waals surface area contributed by atoms with Crippen molar-refractivity contribution in [3.05, 3.63) is 0 Å². The van der Waals surface area contributed by atoms with E-state index in [-0.39, 0.29) is 30.1 Å². The Morgan fingerprint density at radius 2 is 1.72 bits per heavy atom. The zero-order chi connectivity index (χ0) is 18.0. The van der Waals surface area contributed by atoms with Crippen molar-refractivity contribution >= 4 is 5.78 Å². The Bertz CT molecular complexity index is 550. The van der Waals surface area contributed by atoms with Gasteiger partial charge in [0.25, 0.3) is 6.43 Å². The third-order valence-corrected chi connectivity index (χ3v) is 8.94. The van der Waals surface area contributed by atoms with E-state index in [0.29, 0.717) is 29.5 Å². The second kappa shape index (κ2) is 6.00. The molecular formula is C21H32F2O2. The number of aliphatic hydroxyl groups is 1. The smallest absolute Gasteiger partial charge is 0.266 e. The van der Waals surface area contributed by atoms with Crippen LogP contribution < -0.4 is 0 Å². The van der Waals surface area contributed by atoms with Crippen molar-refractivity contribution in [2.24, 2.45) is 40.9 Å². The Kier molecular flexibility index (Phi) is 4.29. The van der Waals surface area contributed by atoms with Gasteiger partial charge in [-0.05, 0) is 99.7 Å². The highest BCUT2D eigenvalue weighted by atomic mass is 19.3. The number of carbonyl (C=O) groups is 1. The van der Waals surface area contributed by atoms with Gasteiger partial charge in [-0.1, -0.05) is 6.92 Å². The minimum atomic E-state index is -2.62. The van der Waals surface area contributed by atoms with Crippen molar-refractivity contribution < 1.29 is 18.7 Å². The van der Waals surface area contributed by atoms with Gasteiger partial charge in [0, 0.05) is 5.92 Å². The minimum Gasteiger partial charge on any atom is -0.384 e. The number of alkyl halides is 2. The molecule has 0 heterocycles. The molecule has 0 saturated heterocycles. The topological polar surface area (TPSA) is 37.3 Å². The summed E-state index contributed by atoms with van der Waals surface area (Å²) < 4.78 is 26.5. The zero-order valence-electron chi connectivity index (χ0n) is 15.5. The fraction of sp³-hybridized carbons (Fsp3) is 0.952. The Hall–Kier alpha value is -0.510. The predicted molar refractivity (Wildman–Crippen MR) is 92.2 cm³/mol. The van der Waals surface area contributed by atoms with Crippen LogP contribution in [-0.4, -0.2) is 22.9 Å². The molecule has 2 nitrogen and oxygen atoms in total. The van der Waals surface area contributed by atoms with E-state index in [0.717, 1.165) is 38.5 Å². The van der Waals surface area contributed by atoms with Crippen LogP contribution in [0.5, 0.6) is 0 Å². The predicted octanol–water partition coefficient (Wildman–Crippen LogP) is 4.84. The van der Waals surface area contributed by atoms with Gasteiger partial charge in [-0.2, -0.15) is 0 Å². The SMILES string of the molecule is CC(=O)[C@H]1CC[C@H]2[C@@H]3CC[C@H]4C[C@@](O)(C(F)F)CC[C@@H]4[C@H]3CC[C@]12C. The van der Waals surface area contributed by atoms with Gasteiger partial charge in [0.05, 0.1) is 0 Å². The van der Waals surface area contributed by atoms with Crippen LogP contribution in [0.2, 0.25) is 0 Å². The van der Waals surface area contributed by atoms with Crippen molar-refractivity contribution in [3.63, 3.8) is 0 Å². The van der Waals surface area contributed by atoms with Crippen LogP contribution in [0.1, 0.15) is 71.6 Å². The molecule has 4 fully saturated rings. The summed E-state index contributed by atoms with van der Waals surface area (Å²) in [5, 5.41) is 10.3. The molecule has 4 aliphatic carbocycles. The average Bonchev–Trinajstić information content (AvgIpc) is 2.91. The van der Waals surface area contributed by atoms with Crippen LogP contribution in [0.3, 0.4) is 0 Å². The first-order valence-electron chi connectivity index (χ1n) is 10.3. The van der Waals surface area contributed by atoms with Crippen LogP contribution in [0.15, 0.2) is 0 Å². The summed E-state index contributed by atoms with van der Waals surface area (Å²) in [7, 11) is 0. The second-order valence-electron chi connectivity index (χ2n) is 9.87. The lowest BCUT2D eigenvalue weighted by molar-refractivity contribution is -0.160. The molecular weight excluding hydrogens is 322 g/mol. The lowest BCUT2D eigenvalue weighted by Gasteiger charge is -2.57. The van der Waals surface area contributed by atoms with E-state index in [2.05, 4.69) is 6.92 Å². The molecule has 0 radical (unpaired) electrons. The highest BCUT2D eigenvalue weighted by Crippen LogP contribution is 2.64. The van der Waals surface area contributed by atoms with Gasteiger partial charge >= 0.3 is 0 Å². The van der Waals surface area contributed by atoms with E-state index in [1.807, 2.05) is 0 Å². The van der Waals surface area contributed by atoms with Gasteiger partial charge in [0.15, 0.2) is 0 Å². The fourth-order valence-corrected chi connectivity index (χ4v) is 7.78. The molecule has 0 aromatic heterocycles. The first-order chi connectivity index (χ1) is 11.8. The third-order valence-electron chi connectivity index (χ3n) is 8.94. The Morgan fingerprint density at radius 1 is 1.00 bits per heavy atom. The number of hydrogen-bond donors (Lipinski definition) is 1. The van der Waals surface area contributed by atoms with Gasteiger partial charge in [-0.25, -0.2) is 8.78 Å². The molecule has 0 aromatic rings. The molecule has 0 amide bonds. The Morgan fingerprint density at radius 3 is 2.40 bits per heavy atom. The number of Topliss-reactive ketones (excluding diaryl/α,β-unsaturated/α-hetero) is 1. The second-order valence-corrected chi connectivity index (χ2v) is 9.87. The summed E-state index contributed by atoms with van der Waals surface area (Å²) in [6.45, 7) is 4.10. The summed E-state index contributed by atoms with van der Waals surface area (Å²) in [6, 6.07) is 0. The first-order valence-corrected chi connectivity index (χ1v) is 10.3. The van der Waals surface area contributed by atoms with Crippen molar-refractivity contribution in [2.45, 2.75) is 83.7 Å². The quantitative estimate of drug-likeness (QED) is 0.770. The summed E-state index contributed by atoms with van der Waals surface area (Å²) in [6.07, 6.45) is 5.25. The first kappa shape index (κ1) is 17.9. The van der Waals surface area contributed by atoms with Crippen LogP contribution in [0, 0.1) is 40.9 Å². The molecule has 4 saturated carbocycles. The largest absolute Gasteiger partial charge is 0.384 e. The lowest BCUT2D eigenvalue weighted by atomic mass is 9.49. The van der Waals surface area contributed by atoms with Gasteiger partial charge in [-0.15, -0.1) is 0 Å². The summed E-state index contributed by atoms with van der Waals surface area (Å²) in [4.78, 5) is 12.1. The molecule has 0 spiro atoms. The number of ketones is 1. The molecule has 0 aromatic carbocycles. The minimum absolute atomic E-state index is 0.165. The molecule has 142 valence electrons. The number of rotatable bonds is 2. The third kappa shape index (κ3) is 2.61.